The minimum atomic E-state index is -0.227. The van der Waals surface area contributed by atoms with Crippen LogP contribution in [0.2, 0.25) is 5.28 Å². The standard InChI is InChI=1S/C14H16ClFN4O/c1-3-21-14-19-12(15)18-13(20-14)17-7-6-10-4-5-11(16)8-9(10)2/h4-5,8H,3,6-7H2,1-2H3,(H,17,18,19,20). The molecule has 1 heterocycles. The molecule has 2 rings (SSSR count). The lowest BCUT2D eigenvalue weighted by Gasteiger charge is -2.08. The van der Waals surface area contributed by atoms with Gasteiger partial charge in [0.2, 0.25) is 11.2 Å². The molecule has 1 N–H and O–H groups in total. The molecule has 0 spiro atoms. The molecule has 2 aromatic rings. The van der Waals surface area contributed by atoms with Crippen molar-refractivity contribution in [3.8, 4) is 6.01 Å². The molecule has 0 aliphatic rings. The second-order valence-electron chi connectivity index (χ2n) is 4.39. The first kappa shape index (κ1) is 15.4. The van der Waals surface area contributed by atoms with Crippen LogP contribution in [0, 0.1) is 12.7 Å². The van der Waals surface area contributed by atoms with Crippen molar-refractivity contribution in [2.45, 2.75) is 20.3 Å². The number of hydrogen-bond donors (Lipinski definition) is 1. The Labute approximate surface area is 127 Å². The van der Waals surface area contributed by atoms with E-state index in [0.29, 0.717) is 19.1 Å². The van der Waals surface area contributed by atoms with Crippen LogP contribution in [0.5, 0.6) is 6.01 Å². The Morgan fingerprint density at radius 2 is 2.10 bits per heavy atom. The van der Waals surface area contributed by atoms with Crippen LogP contribution in [0.25, 0.3) is 0 Å². The molecule has 5 nitrogen and oxygen atoms in total. The fourth-order valence-corrected chi connectivity index (χ4v) is 2.01. The van der Waals surface area contributed by atoms with Crippen molar-refractivity contribution in [3.05, 3.63) is 40.4 Å². The Kier molecular flexibility index (Phi) is 5.27. The summed E-state index contributed by atoms with van der Waals surface area (Å²) in [5, 5.41) is 3.13. The molecular formula is C14H16ClFN4O. The molecular weight excluding hydrogens is 295 g/mol. The van der Waals surface area contributed by atoms with Crippen LogP contribution in [0.15, 0.2) is 18.2 Å². The summed E-state index contributed by atoms with van der Waals surface area (Å²) in [5.74, 6) is 0.132. The average molecular weight is 311 g/mol. The molecule has 0 amide bonds. The highest BCUT2D eigenvalue weighted by Gasteiger charge is 2.06. The van der Waals surface area contributed by atoms with Crippen molar-refractivity contribution in [3.63, 3.8) is 0 Å². The summed E-state index contributed by atoms with van der Waals surface area (Å²) in [5.41, 5.74) is 1.98. The summed E-state index contributed by atoms with van der Waals surface area (Å²) in [6, 6.07) is 4.94. The van der Waals surface area contributed by atoms with E-state index in [0.717, 1.165) is 17.5 Å². The van der Waals surface area contributed by atoms with Crippen LogP contribution in [0.3, 0.4) is 0 Å². The fraction of sp³-hybridized carbons (Fsp3) is 0.357. The van der Waals surface area contributed by atoms with Crippen LogP contribution in [-0.4, -0.2) is 28.1 Å². The van der Waals surface area contributed by atoms with Gasteiger partial charge >= 0.3 is 6.01 Å². The minimum Gasteiger partial charge on any atom is -0.464 e. The van der Waals surface area contributed by atoms with Gasteiger partial charge in [-0.25, -0.2) is 4.39 Å². The highest BCUT2D eigenvalue weighted by molar-refractivity contribution is 6.28. The summed E-state index contributed by atoms with van der Waals surface area (Å²) in [6.07, 6.45) is 0.722. The van der Waals surface area contributed by atoms with Gasteiger partial charge in [0.1, 0.15) is 5.82 Å². The molecule has 0 unspecified atom stereocenters. The number of aromatic nitrogens is 3. The van der Waals surface area contributed by atoms with E-state index in [9.17, 15) is 4.39 Å². The first-order valence-corrected chi connectivity index (χ1v) is 6.99. The van der Waals surface area contributed by atoms with E-state index in [1.165, 1.54) is 12.1 Å². The summed E-state index contributed by atoms with van der Waals surface area (Å²) in [7, 11) is 0. The van der Waals surface area contributed by atoms with Gasteiger partial charge in [0.05, 0.1) is 6.61 Å². The van der Waals surface area contributed by atoms with Gasteiger partial charge in [-0.1, -0.05) is 6.07 Å². The molecule has 0 saturated carbocycles. The van der Waals surface area contributed by atoms with E-state index >= 15 is 0 Å². The maximum Gasteiger partial charge on any atom is 0.322 e. The van der Waals surface area contributed by atoms with Crippen molar-refractivity contribution in [1.82, 2.24) is 15.0 Å². The fourth-order valence-electron chi connectivity index (χ4n) is 1.85. The number of halogens is 2. The zero-order valence-corrected chi connectivity index (χ0v) is 12.6. The van der Waals surface area contributed by atoms with E-state index < -0.39 is 0 Å². The Bertz CT molecular complexity index is 624. The van der Waals surface area contributed by atoms with Crippen LogP contribution >= 0.6 is 11.6 Å². The highest BCUT2D eigenvalue weighted by Crippen LogP contribution is 2.13. The average Bonchev–Trinajstić information content (AvgIpc) is 2.41. The largest absolute Gasteiger partial charge is 0.464 e. The lowest BCUT2D eigenvalue weighted by molar-refractivity contribution is 0.312. The number of aryl methyl sites for hydroxylation is 1. The summed E-state index contributed by atoms with van der Waals surface area (Å²) >= 11 is 5.80. The zero-order valence-electron chi connectivity index (χ0n) is 11.9. The second-order valence-corrected chi connectivity index (χ2v) is 4.73. The molecule has 1 aromatic heterocycles. The van der Waals surface area contributed by atoms with E-state index in [1.54, 1.807) is 6.07 Å². The highest BCUT2D eigenvalue weighted by atomic mass is 35.5. The third-order valence-electron chi connectivity index (χ3n) is 2.84. The maximum atomic E-state index is 13.0. The van der Waals surface area contributed by atoms with Gasteiger partial charge in [0, 0.05) is 6.54 Å². The Morgan fingerprint density at radius 3 is 2.81 bits per heavy atom. The van der Waals surface area contributed by atoms with Crippen LogP contribution < -0.4 is 10.1 Å². The number of ether oxygens (including phenoxy) is 1. The smallest absolute Gasteiger partial charge is 0.322 e. The number of rotatable bonds is 6. The Morgan fingerprint density at radius 1 is 1.29 bits per heavy atom. The second kappa shape index (κ2) is 7.17. The van der Waals surface area contributed by atoms with Crippen LogP contribution in [0.1, 0.15) is 18.1 Å². The predicted molar refractivity (Wildman–Crippen MR) is 79.3 cm³/mol. The van der Waals surface area contributed by atoms with Gasteiger partial charge in [0.25, 0.3) is 0 Å². The number of nitrogens with one attached hydrogen (secondary N) is 1. The predicted octanol–water partition coefficient (Wildman–Crippen LogP) is 3.03. The van der Waals surface area contributed by atoms with E-state index in [4.69, 9.17) is 16.3 Å². The Hall–Kier alpha value is -1.95. The van der Waals surface area contributed by atoms with Gasteiger partial charge < -0.3 is 10.1 Å². The quantitative estimate of drug-likeness (QED) is 0.888. The van der Waals surface area contributed by atoms with Crippen molar-refractivity contribution in [2.24, 2.45) is 0 Å². The van der Waals surface area contributed by atoms with Crippen LogP contribution in [0.4, 0.5) is 10.3 Å². The van der Waals surface area contributed by atoms with E-state index in [2.05, 4.69) is 20.3 Å². The van der Waals surface area contributed by atoms with Gasteiger partial charge in [-0.3, -0.25) is 0 Å². The SMILES string of the molecule is CCOc1nc(Cl)nc(NCCc2ccc(F)cc2C)n1. The number of anilines is 1. The summed E-state index contributed by atoms with van der Waals surface area (Å²) in [6.45, 7) is 4.76. The lowest BCUT2D eigenvalue weighted by atomic mass is 10.1. The van der Waals surface area contributed by atoms with E-state index in [-0.39, 0.29) is 17.1 Å². The Balaban J connectivity index is 1.96. The molecule has 1 aromatic carbocycles. The van der Waals surface area contributed by atoms with Crippen molar-refractivity contribution >= 4 is 17.5 Å². The minimum absolute atomic E-state index is 0.0777. The maximum absolute atomic E-state index is 13.0. The molecule has 112 valence electrons. The van der Waals surface area contributed by atoms with Gasteiger partial charge in [0.15, 0.2) is 0 Å². The third kappa shape index (κ3) is 4.53. The molecule has 7 heteroatoms. The van der Waals surface area contributed by atoms with Crippen molar-refractivity contribution in [2.75, 3.05) is 18.5 Å². The number of benzene rings is 1. The zero-order chi connectivity index (χ0) is 15.2. The lowest BCUT2D eigenvalue weighted by Crippen LogP contribution is -2.10. The first-order valence-electron chi connectivity index (χ1n) is 6.61. The van der Waals surface area contributed by atoms with Gasteiger partial charge in [-0.2, -0.15) is 15.0 Å². The first-order chi connectivity index (χ1) is 10.1. The van der Waals surface area contributed by atoms with Gasteiger partial charge in [-0.15, -0.1) is 0 Å². The van der Waals surface area contributed by atoms with Crippen LogP contribution in [-0.2, 0) is 6.42 Å². The molecule has 0 fully saturated rings. The molecule has 0 aliphatic heterocycles. The van der Waals surface area contributed by atoms with Crippen molar-refractivity contribution < 1.29 is 9.13 Å². The topological polar surface area (TPSA) is 59.9 Å². The molecule has 0 bridgehead atoms. The summed E-state index contributed by atoms with van der Waals surface area (Å²) < 4.78 is 18.2. The number of hydrogen-bond acceptors (Lipinski definition) is 5. The monoisotopic (exact) mass is 310 g/mol. The van der Waals surface area contributed by atoms with Gasteiger partial charge in [-0.05, 0) is 55.1 Å². The number of nitrogens with zero attached hydrogens (tertiary/aromatic N) is 3. The molecule has 0 aliphatic carbocycles. The summed E-state index contributed by atoms with van der Waals surface area (Å²) in [4.78, 5) is 11.9. The molecule has 0 atom stereocenters. The molecule has 0 saturated heterocycles. The molecule has 0 radical (unpaired) electrons. The molecule has 21 heavy (non-hydrogen) atoms. The third-order valence-corrected chi connectivity index (χ3v) is 3.01. The van der Waals surface area contributed by atoms with Crippen molar-refractivity contribution in [1.29, 1.82) is 0 Å². The van der Waals surface area contributed by atoms with E-state index in [1.807, 2.05) is 13.8 Å². The normalized spacial score (nSPS) is 10.5.